The van der Waals surface area contributed by atoms with Crippen molar-refractivity contribution in [2.45, 2.75) is 26.2 Å². The molecule has 2 heterocycles. The highest BCUT2D eigenvalue weighted by molar-refractivity contribution is 5.99. The van der Waals surface area contributed by atoms with Crippen LogP contribution in [0.1, 0.15) is 35.3 Å². The van der Waals surface area contributed by atoms with Gasteiger partial charge in [0, 0.05) is 25.0 Å². The van der Waals surface area contributed by atoms with Gasteiger partial charge >= 0.3 is 0 Å². The summed E-state index contributed by atoms with van der Waals surface area (Å²) in [6.45, 7) is 5.68. The largest absolute Gasteiger partial charge is 0.351 e. The fourth-order valence-corrected chi connectivity index (χ4v) is 2.47. The van der Waals surface area contributed by atoms with Crippen molar-refractivity contribution in [2.24, 2.45) is 5.84 Å². The van der Waals surface area contributed by atoms with Crippen LogP contribution in [0.15, 0.2) is 12.3 Å². The van der Waals surface area contributed by atoms with Crippen LogP contribution in [0.5, 0.6) is 0 Å². The number of nitrogens with two attached hydrogens (primary N) is 1. The summed E-state index contributed by atoms with van der Waals surface area (Å²) in [5.74, 6) is 5.30. The smallest absolute Gasteiger partial charge is 0.255 e. The zero-order valence-electron chi connectivity index (χ0n) is 12.0. The number of aromatic nitrogens is 1. The topological polar surface area (TPSA) is 83.3 Å². The fraction of sp³-hybridized carbons (Fsp3) is 0.571. The maximum atomic E-state index is 12.1. The molecule has 1 aliphatic rings. The molecule has 0 aliphatic carbocycles. The molecule has 20 heavy (non-hydrogen) atoms. The maximum Gasteiger partial charge on any atom is 0.255 e. The Morgan fingerprint density at radius 1 is 1.40 bits per heavy atom. The van der Waals surface area contributed by atoms with Gasteiger partial charge in [-0.2, -0.15) is 0 Å². The second-order valence-corrected chi connectivity index (χ2v) is 5.17. The van der Waals surface area contributed by atoms with Gasteiger partial charge in [0.25, 0.3) is 5.91 Å². The number of pyridine rings is 1. The van der Waals surface area contributed by atoms with E-state index in [0.717, 1.165) is 25.3 Å². The monoisotopic (exact) mass is 277 g/mol. The van der Waals surface area contributed by atoms with Crippen molar-refractivity contribution >= 4 is 11.6 Å². The molecule has 1 fully saturated rings. The summed E-state index contributed by atoms with van der Waals surface area (Å²) in [4.78, 5) is 18.6. The van der Waals surface area contributed by atoms with E-state index in [4.69, 9.17) is 5.84 Å². The summed E-state index contributed by atoms with van der Waals surface area (Å²) in [5.41, 5.74) is 4.46. The molecule has 2 rings (SSSR count). The van der Waals surface area contributed by atoms with Crippen molar-refractivity contribution in [3.8, 4) is 0 Å². The van der Waals surface area contributed by atoms with E-state index in [-0.39, 0.29) is 5.91 Å². The number of likely N-dealkylation sites (tertiary alicyclic amines) is 1. The first-order chi connectivity index (χ1) is 9.70. The fourth-order valence-electron chi connectivity index (χ4n) is 2.47. The molecule has 110 valence electrons. The minimum atomic E-state index is -0.137. The number of anilines is 1. The number of amides is 1. The molecule has 1 aromatic rings. The average Bonchev–Trinajstić information content (AvgIpc) is 2.48. The van der Waals surface area contributed by atoms with Gasteiger partial charge in [0.2, 0.25) is 0 Å². The van der Waals surface area contributed by atoms with Gasteiger partial charge in [-0.25, -0.2) is 0 Å². The van der Waals surface area contributed by atoms with E-state index in [2.05, 4.69) is 20.6 Å². The summed E-state index contributed by atoms with van der Waals surface area (Å²) >= 11 is 0. The van der Waals surface area contributed by atoms with E-state index in [1.165, 1.54) is 19.3 Å². The minimum absolute atomic E-state index is 0.137. The summed E-state index contributed by atoms with van der Waals surface area (Å²) in [7, 11) is 0. The molecule has 6 heteroatoms. The summed E-state index contributed by atoms with van der Waals surface area (Å²) in [5, 5.41) is 2.92. The number of hydrogen-bond acceptors (Lipinski definition) is 5. The highest BCUT2D eigenvalue weighted by Crippen LogP contribution is 2.14. The Balaban J connectivity index is 1.85. The molecule has 1 aliphatic heterocycles. The van der Waals surface area contributed by atoms with Crippen LogP contribution in [0.3, 0.4) is 0 Å². The Morgan fingerprint density at radius 3 is 2.85 bits per heavy atom. The van der Waals surface area contributed by atoms with Crippen LogP contribution in [0.25, 0.3) is 0 Å². The summed E-state index contributed by atoms with van der Waals surface area (Å²) in [6.07, 6.45) is 5.40. The quantitative estimate of drug-likeness (QED) is 0.550. The van der Waals surface area contributed by atoms with E-state index in [0.29, 0.717) is 17.8 Å². The zero-order valence-corrected chi connectivity index (χ0v) is 12.0. The standard InChI is InChI=1S/C14H23N5O/c1-11-9-13(18-15)12(10-17-11)14(20)16-5-8-19-6-3-2-4-7-19/h9-10H,2-8,15H2,1H3,(H,16,20)(H,17,18). The van der Waals surface area contributed by atoms with Crippen molar-refractivity contribution in [2.75, 3.05) is 31.6 Å². The van der Waals surface area contributed by atoms with Crippen LogP contribution in [-0.2, 0) is 0 Å². The predicted octanol–water partition coefficient (Wildman–Crippen LogP) is 0.891. The van der Waals surface area contributed by atoms with Gasteiger partial charge in [0.1, 0.15) is 0 Å². The number of hydrogen-bond donors (Lipinski definition) is 3. The predicted molar refractivity (Wildman–Crippen MR) is 79.4 cm³/mol. The first-order valence-corrected chi connectivity index (χ1v) is 7.14. The zero-order chi connectivity index (χ0) is 14.4. The van der Waals surface area contributed by atoms with Gasteiger partial charge in [0.05, 0.1) is 11.3 Å². The second kappa shape index (κ2) is 7.21. The van der Waals surface area contributed by atoms with E-state index >= 15 is 0 Å². The number of aryl methyl sites for hydroxylation is 1. The second-order valence-electron chi connectivity index (χ2n) is 5.17. The molecule has 0 spiro atoms. The molecule has 0 radical (unpaired) electrons. The molecule has 0 aromatic carbocycles. The lowest BCUT2D eigenvalue weighted by atomic mass is 10.1. The number of carbonyl (C=O) groups is 1. The normalized spacial score (nSPS) is 15.9. The molecule has 0 bridgehead atoms. The minimum Gasteiger partial charge on any atom is -0.351 e. The number of carbonyl (C=O) groups excluding carboxylic acids is 1. The van der Waals surface area contributed by atoms with Crippen LogP contribution in [-0.4, -0.2) is 42.0 Å². The molecule has 1 amide bonds. The number of piperidine rings is 1. The van der Waals surface area contributed by atoms with Gasteiger partial charge < -0.3 is 15.6 Å². The molecular formula is C14H23N5O. The Kier molecular flexibility index (Phi) is 5.31. The highest BCUT2D eigenvalue weighted by Gasteiger charge is 2.13. The lowest BCUT2D eigenvalue weighted by molar-refractivity contribution is 0.0947. The maximum absolute atomic E-state index is 12.1. The van der Waals surface area contributed by atoms with Crippen LogP contribution < -0.4 is 16.6 Å². The highest BCUT2D eigenvalue weighted by atomic mass is 16.1. The van der Waals surface area contributed by atoms with E-state index in [9.17, 15) is 4.79 Å². The number of hydrazine groups is 1. The van der Waals surface area contributed by atoms with Crippen LogP contribution in [0, 0.1) is 6.92 Å². The average molecular weight is 277 g/mol. The molecular weight excluding hydrogens is 254 g/mol. The van der Waals surface area contributed by atoms with E-state index in [1.807, 2.05) is 6.92 Å². The van der Waals surface area contributed by atoms with Gasteiger partial charge in [-0.3, -0.25) is 15.6 Å². The Labute approximate surface area is 119 Å². The van der Waals surface area contributed by atoms with Crippen LogP contribution in [0.4, 0.5) is 5.69 Å². The molecule has 6 nitrogen and oxygen atoms in total. The molecule has 0 unspecified atom stereocenters. The third-order valence-electron chi connectivity index (χ3n) is 3.60. The van der Waals surface area contributed by atoms with Gasteiger partial charge in [-0.15, -0.1) is 0 Å². The van der Waals surface area contributed by atoms with Crippen molar-refractivity contribution in [1.29, 1.82) is 0 Å². The first kappa shape index (κ1) is 14.7. The lowest BCUT2D eigenvalue weighted by Gasteiger charge is -2.26. The number of rotatable bonds is 5. The number of nitrogens with zero attached hydrogens (tertiary/aromatic N) is 2. The van der Waals surface area contributed by atoms with Crippen molar-refractivity contribution < 1.29 is 4.79 Å². The molecule has 1 saturated heterocycles. The molecule has 4 N–H and O–H groups in total. The van der Waals surface area contributed by atoms with Crippen molar-refractivity contribution in [3.05, 3.63) is 23.5 Å². The number of nitrogens with one attached hydrogen (secondary N) is 2. The third-order valence-corrected chi connectivity index (χ3v) is 3.60. The first-order valence-electron chi connectivity index (χ1n) is 7.14. The Morgan fingerprint density at radius 2 is 2.15 bits per heavy atom. The van der Waals surface area contributed by atoms with Crippen LogP contribution in [0.2, 0.25) is 0 Å². The molecule has 1 aromatic heterocycles. The van der Waals surface area contributed by atoms with E-state index in [1.54, 1.807) is 12.3 Å². The van der Waals surface area contributed by atoms with E-state index < -0.39 is 0 Å². The molecule has 0 saturated carbocycles. The lowest BCUT2D eigenvalue weighted by Crippen LogP contribution is -2.37. The summed E-state index contributed by atoms with van der Waals surface area (Å²) < 4.78 is 0. The SMILES string of the molecule is Cc1cc(NN)c(C(=O)NCCN2CCCCC2)cn1. The van der Waals surface area contributed by atoms with Crippen molar-refractivity contribution in [3.63, 3.8) is 0 Å². The van der Waals surface area contributed by atoms with Crippen molar-refractivity contribution in [1.82, 2.24) is 15.2 Å². The Hall–Kier alpha value is -1.66. The number of nitrogen functional groups attached to an aromatic ring is 1. The Bertz CT molecular complexity index is 457. The van der Waals surface area contributed by atoms with Gasteiger partial charge in [-0.05, 0) is 38.9 Å². The van der Waals surface area contributed by atoms with Gasteiger partial charge in [-0.1, -0.05) is 6.42 Å². The van der Waals surface area contributed by atoms with Gasteiger partial charge in [0.15, 0.2) is 0 Å². The third kappa shape index (κ3) is 3.91. The summed E-state index contributed by atoms with van der Waals surface area (Å²) in [6, 6.07) is 1.76. The molecule has 0 atom stereocenters. The van der Waals surface area contributed by atoms with Crippen LogP contribution >= 0.6 is 0 Å².